The van der Waals surface area contributed by atoms with Crippen molar-refractivity contribution in [3.05, 3.63) is 90.3 Å². The smallest absolute Gasteiger partial charge is 0.257 e. The van der Waals surface area contributed by atoms with Gasteiger partial charge in [-0.05, 0) is 42.8 Å². The number of carbonyl (C=O) groups is 1. The number of aromatic nitrogens is 3. The number of fused-ring (bicyclic) bond motifs is 1. The molecular weight excluding hydrogens is 444 g/mol. The third kappa shape index (κ3) is 5.12. The molecule has 0 N–H and O–H groups in total. The molecule has 0 bridgehead atoms. The Labute approximate surface area is 204 Å². The average Bonchev–Trinajstić information content (AvgIpc) is 3.27. The predicted octanol–water partition coefficient (Wildman–Crippen LogP) is 3.65. The molecule has 1 atom stereocenters. The van der Waals surface area contributed by atoms with Gasteiger partial charge in [0.15, 0.2) is 11.5 Å². The van der Waals surface area contributed by atoms with E-state index in [9.17, 15) is 4.79 Å². The SMILES string of the molecule is COc1cccc(C(=O)N2CCOC[C@@H](Cc3nccn4cccc34)C2)c1OCc1ccccn1. The van der Waals surface area contributed by atoms with E-state index in [1.165, 1.54) is 0 Å². The largest absolute Gasteiger partial charge is 0.493 e. The lowest BCUT2D eigenvalue weighted by Gasteiger charge is -2.25. The summed E-state index contributed by atoms with van der Waals surface area (Å²) in [6, 6.07) is 15.1. The van der Waals surface area contributed by atoms with Crippen molar-refractivity contribution in [3.63, 3.8) is 0 Å². The Morgan fingerprint density at radius 3 is 2.89 bits per heavy atom. The summed E-state index contributed by atoms with van der Waals surface area (Å²) >= 11 is 0. The Kier molecular flexibility index (Phi) is 6.90. The van der Waals surface area contributed by atoms with E-state index in [1.807, 2.05) is 53.8 Å². The van der Waals surface area contributed by atoms with Gasteiger partial charge in [0.2, 0.25) is 0 Å². The molecule has 180 valence electrons. The highest BCUT2D eigenvalue weighted by molar-refractivity contribution is 5.97. The first-order chi connectivity index (χ1) is 17.2. The fourth-order valence-electron chi connectivity index (χ4n) is 4.44. The number of benzene rings is 1. The van der Waals surface area contributed by atoms with Crippen LogP contribution in [0.15, 0.2) is 73.3 Å². The quantitative estimate of drug-likeness (QED) is 0.409. The van der Waals surface area contributed by atoms with Gasteiger partial charge in [-0.15, -0.1) is 0 Å². The third-order valence-corrected chi connectivity index (χ3v) is 6.16. The summed E-state index contributed by atoms with van der Waals surface area (Å²) in [7, 11) is 1.57. The van der Waals surface area contributed by atoms with E-state index in [0.29, 0.717) is 43.4 Å². The fourth-order valence-corrected chi connectivity index (χ4v) is 4.44. The molecule has 1 aliphatic rings. The van der Waals surface area contributed by atoms with Gasteiger partial charge in [-0.25, -0.2) is 0 Å². The average molecular weight is 473 g/mol. The number of hydrogen-bond acceptors (Lipinski definition) is 6. The van der Waals surface area contributed by atoms with Gasteiger partial charge in [0.1, 0.15) is 6.61 Å². The highest BCUT2D eigenvalue weighted by Gasteiger charge is 2.27. The second-order valence-electron chi connectivity index (χ2n) is 8.52. The molecule has 8 heteroatoms. The highest BCUT2D eigenvalue weighted by atomic mass is 16.5. The maximum atomic E-state index is 13.7. The van der Waals surface area contributed by atoms with Crippen molar-refractivity contribution in [2.75, 3.05) is 33.4 Å². The van der Waals surface area contributed by atoms with E-state index in [0.717, 1.165) is 23.3 Å². The summed E-state index contributed by atoms with van der Waals surface area (Å²) in [5.74, 6) is 0.952. The first-order valence-electron chi connectivity index (χ1n) is 11.7. The van der Waals surface area contributed by atoms with Gasteiger partial charge >= 0.3 is 0 Å². The topological polar surface area (TPSA) is 78.2 Å². The van der Waals surface area contributed by atoms with Gasteiger partial charge in [-0.1, -0.05) is 12.1 Å². The van der Waals surface area contributed by atoms with Crippen LogP contribution >= 0.6 is 0 Å². The zero-order valence-electron chi connectivity index (χ0n) is 19.7. The summed E-state index contributed by atoms with van der Waals surface area (Å²) in [6.07, 6.45) is 8.19. The van der Waals surface area contributed by atoms with Crippen LogP contribution in [0, 0.1) is 5.92 Å². The van der Waals surface area contributed by atoms with Gasteiger partial charge in [0.05, 0.1) is 42.8 Å². The minimum absolute atomic E-state index is 0.107. The zero-order chi connectivity index (χ0) is 24.0. The first-order valence-corrected chi connectivity index (χ1v) is 11.7. The van der Waals surface area contributed by atoms with Crippen molar-refractivity contribution in [1.29, 1.82) is 0 Å². The lowest BCUT2D eigenvalue weighted by atomic mass is 10.0. The second-order valence-corrected chi connectivity index (χ2v) is 8.52. The molecule has 5 rings (SSSR count). The summed E-state index contributed by atoms with van der Waals surface area (Å²) in [4.78, 5) is 24.5. The molecule has 1 aliphatic heterocycles. The van der Waals surface area contributed by atoms with Gasteiger partial charge in [-0.3, -0.25) is 14.8 Å². The lowest BCUT2D eigenvalue weighted by molar-refractivity contribution is 0.0731. The summed E-state index contributed by atoms with van der Waals surface area (Å²) in [5, 5.41) is 0. The number of rotatable bonds is 7. The number of nitrogens with zero attached hydrogens (tertiary/aromatic N) is 4. The minimum Gasteiger partial charge on any atom is -0.493 e. The number of carbonyl (C=O) groups excluding carboxylic acids is 1. The van der Waals surface area contributed by atoms with Crippen LogP contribution in [-0.2, 0) is 17.8 Å². The van der Waals surface area contributed by atoms with E-state index >= 15 is 0 Å². The molecule has 35 heavy (non-hydrogen) atoms. The maximum absolute atomic E-state index is 13.7. The molecule has 3 aromatic heterocycles. The summed E-state index contributed by atoms with van der Waals surface area (Å²) in [6.45, 7) is 2.38. The number of ether oxygens (including phenoxy) is 3. The van der Waals surface area contributed by atoms with Crippen molar-refractivity contribution in [2.45, 2.75) is 13.0 Å². The molecule has 4 aromatic rings. The van der Waals surface area contributed by atoms with E-state index in [1.54, 1.807) is 25.4 Å². The van der Waals surface area contributed by atoms with Crippen LogP contribution in [0.1, 0.15) is 21.7 Å². The minimum atomic E-state index is -0.107. The van der Waals surface area contributed by atoms with Gasteiger partial charge < -0.3 is 23.5 Å². The Hall–Kier alpha value is -3.91. The molecule has 0 spiro atoms. The Morgan fingerprint density at radius 2 is 2.03 bits per heavy atom. The lowest BCUT2D eigenvalue weighted by Crippen LogP contribution is -2.36. The monoisotopic (exact) mass is 472 g/mol. The van der Waals surface area contributed by atoms with Crippen molar-refractivity contribution >= 4 is 11.4 Å². The van der Waals surface area contributed by atoms with Crippen LogP contribution < -0.4 is 9.47 Å². The normalized spacial score (nSPS) is 16.1. The molecule has 0 aliphatic carbocycles. The number of methoxy groups -OCH3 is 1. The molecule has 1 amide bonds. The summed E-state index contributed by atoms with van der Waals surface area (Å²) in [5.41, 5.74) is 3.31. The number of pyridine rings is 1. The standard InChI is InChI=1S/C27H28N4O4/c1-33-25-9-4-7-22(26(25)35-19-21-6-2-3-10-28-21)27(32)31-14-15-34-18-20(17-31)16-23-24-8-5-12-30(24)13-11-29-23/h2-13,20H,14-19H2,1H3/t20-/m0/s1. The van der Waals surface area contributed by atoms with Crippen molar-refractivity contribution < 1.29 is 19.0 Å². The highest BCUT2D eigenvalue weighted by Crippen LogP contribution is 2.33. The van der Waals surface area contributed by atoms with Crippen LogP contribution in [0.3, 0.4) is 0 Å². The molecule has 0 saturated carbocycles. The third-order valence-electron chi connectivity index (χ3n) is 6.16. The Morgan fingerprint density at radius 1 is 1.09 bits per heavy atom. The fraction of sp³-hybridized carbons (Fsp3) is 0.296. The molecule has 8 nitrogen and oxygen atoms in total. The van der Waals surface area contributed by atoms with E-state index in [4.69, 9.17) is 14.2 Å². The van der Waals surface area contributed by atoms with E-state index in [-0.39, 0.29) is 18.4 Å². The van der Waals surface area contributed by atoms with Gasteiger partial charge in [0, 0.05) is 43.8 Å². The first kappa shape index (κ1) is 22.9. The zero-order valence-corrected chi connectivity index (χ0v) is 19.7. The van der Waals surface area contributed by atoms with Crippen LogP contribution in [0.2, 0.25) is 0 Å². The number of amides is 1. The van der Waals surface area contributed by atoms with Crippen molar-refractivity contribution in [2.24, 2.45) is 5.92 Å². The van der Waals surface area contributed by atoms with Crippen LogP contribution in [0.5, 0.6) is 11.5 Å². The predicted molar refractivity (Wildman–Crippen MR) is 131 cm³/mol. The van der Waals surface area contributed by atoms with Crippen molar-refractivity contribution in [3.8, 4) is 11.5 Å². The van der Waals surface area contributed by atoms with Crippen LogP contribution in [0.4, 0.5) is 0 Å². The molecule has 1 fully saturated rings. The Bertz CT molecular complexity index is 1290. The Balaban J connectivity index is 1.36. The van der Waals surface area contributed by atoms with Crippen molar-refractivity contribution in [1.82, 2.24) is 19.3 Å². The van der Waals surface area contributed by atoms with Gasteiger partial charge in [-0.2, -0.15) is 0 Å². The second kappa shape index (κ2) is 10.6. The van der Waals surface area contributed by atoms with Crippen LogP contribution in [-0.4, -0.2) is 58.6 Å². The summed E-state index contributed by atoms with van der Waals surface area (Å²) < 4.78 is 19.5. The van der Waals surface area contributed by atoms with E-state index < -0.39 is 0 Å². The molecular formula is C27H28N4O4. The van der Waals surface area contributed by atoms with E-state index in [2.05, 4.69) is 20.4 Å². The van der Waals surface area contributed by atoms with Gasteiger partial charge in [0.25, 0.3) is 5.91 Å². The van der Waals surface area contributed by atoms with Crippen LogP contribution in [0.25, 0.3) is 5.52 Å². The molecule has 0 radical (unpaired) electrons. The molecule has 1 aromatic carbocycles. The number of para-hydroxylation sites is 1. The molecule has 1 saturated heterocycles. The molecule has 4 heterocycles. The number of hydrogen-bond donors (Lipinski definition) is 0. The molecule has 0 unspecified atom stereocenters. The maximum Gasteiger partial charge on any atom is 0.257 e.